The molecular formula is C24H31ClN2O3S. The van der Waals surface area contributed by atoms with Gasteiger partial charge in [0, 0.05) is 29.4 Å². The number of benzene rings is 2. The molecule has 2 amide bonds. The molecule has 2 rings (SSSR count). The minimum Gasteiger partial charge on any atom is -0.497 e. The maximum absolute atomic E-state index is 13.0. The number of thioether (sulfide) groups is 1. The average molecular weight is 463 g/mol. The number of amides is 2. The SMILES string of the molecule is CCCNC(=O)C(C)N(Cc1ccc(OC)cc1)C(=O)CCCSc1ccc(Cl)cc1. The predicted octanol–water partition coefficient (Wildman–Crippen LogP) is 5.16. The molecule has 0 radical (unpaired) electrons. The first-order chi connectivity index (χ1) is 14.9. The van der Waals surface area contributed by atoms with Gasteiger partial charge >= 0.3 is 0 Å². The maximum atomic E-state index is 13.0. The Morgan fingerprint density at radius 1 is 1.13 bits per heavy atom. The van der Waals surface area contributed by atoms with Crippen molar-refractivity contribution < 1.29 is 14.3 Å². The van der Waals surface area contributed by atoms with Crippen molar-refractivity contribution in [2.24, 2.45) is 0 Å². The van der Waals surface area contributed by atoms with Crippen LogP contribution in [0.3, 0.4) is 0 Å². The molecule has 168 valence electrons. The molecular weight excluding hydrogens is 432 g/mol. The van der Waals surface area contributed by atoms with E-state index < -0.39 is 6.04 Å². The van der Waals surface area contributed by atoms with E-state index >= 15 is 0 Å². The second kappa shape index (κ2) is 13.3. The summed E-state index contributed by atoms with van der Waals surface area (Å²) in [6.45, 7) is 4.78. The molecule has 0 heterocycles. The fourth-order valence-electron chi connectivity index (χ4n) is 2.99. The second-order valence-electron chi connectivity index (χ2n) is 7.24. The molecule has 31 heavy (non-hydrogen) atoms. The van der Waals surface area contributed by atoms with Crippen molar-refractivity contribution in [3.8, 4) is 5.75 Å². The zero-order valence-corrected chi connectivity index (χ0v) is 20.0. The normalized spacial score (nSPS) is 11.6. The summed E-state index contributed by atoms with van der Waals surface area (Å²) >= 11 is 7.61. The Balaban J connectivity index is 1.98. The number of hydrogen-bond donors (Lipinski definition) is 1. The Morgan fingerprint density at radius 2 is 1.81 bits per heavy atom. The van der Waals surface area contributed by atoms with Crippen LogP contribution in [0.5, 0.6) is 5.75 Å². The lowest BCUT2D eigenvalue weighted by Gasteiger charge is -2.29. The molecule has 5 nitrogen and oxygen atoms in total. The molecule has 0 saturated heterocycles. The molecule has 0 aliphatic carbocycles. The molecule has 0 spiro atoms. The summed E-state index contributed by atoms with van der Waals surface area (Å²) in [6, 6.07) is 14.7. The van der Waals surface area contributed by atoms with Crippen LogP contribution < -0.4 is 10.1 Å². The van der Waals surface area contributed by atoms with Gasteiger partial charge in [-0.25, -0.2) is 0 Å². The number of hydrogen-bond acceptors (Lipinski definition) is 4. The molecule has 0 aliphatic heterocycles. The molecule has 1 N–H and O–H groups in total. The third kappa shape index (κ3) is 8.46. The highest BCUT2D eigenvalue weighted by Gasteiger charge is 2.25. The quantitative estimate of drug-likeness (QED) is 0.349. The standard InChI is InChI=1S/C24H31ClN2O3S/c1-4-15-26-24(29)18(2)27(17-19-7-11-21(30-3)12-8-19)23(28)6-5-16-31-22-13-9-20(25)10-14-22/h7-14,18H,4-6,15-17H2,1-3H3,(H,26,29). The van der Waals surface area contributed by atoms with Crippen molar-refractivity contribution in [2.75, 3.05) is 19.4 Å². The highest BCUT2D eigenvalue weighted by Crippen LogP contribution is 2.22. The van der Waals surface area contributed by atoms with Gasteiger partial charge in [-0.15, -0.1) is 11.8 Å². The van der Waals surface area contributed by atoms with Gasteiger partial charge in [-0.05, 0) is 67.5 Å². The van der Waals surface area contributed by atoms with E-state index in [1.54, 1.807) is 30.7 Å². The van der Waals surface area contributed by atoms with Crippen LogP contribution in [-0.4, -0.2) is 42.2 Å². The minimum absolute atomic E-state index is 0.0216. The third-order valence-corrected chi connectivity index (χ3v) is 6.20. The van der Waals surface area contributed by atoms with Crippen molar-refractivity contribution in [2.45, 2.75) is 50.6 Å². The molecule has 0 aromatic heterocycles. The largest absolute Gasteiger partial charge is 0.497 e. The summed E-state index contributed by atoms with van der Waals surface area (Å²) in [6.07, 6.45) is 1.98. The van der Waals surface area contributed by atoms with Crippen molar-refractivity contribution in [1.82, 2.24) is 10.2 Å². The van der Waals surface area contributed by atoms with Crippen LogP contribution in [-0.2, 0) is 16.1 Å². The molecule has 1 atom stereocenters. The van der Waals surface area contributed by atoms with Gasteiger partial charge < -0.3 is 15.0 Å². The van der Waals surface area contributed by atoms with E-state index in [1.807, 2.05) is 55.5 Å². The number of methoxy groups -OCH3 is 1. The van der Waals surface area contributed by atoms with Crippen molar-refractivity contribution >= 4 is 35.2 Å². The lowest BCUT2D eigenvalue weighted by molar-refractivity contribution is -0.140. The summed E-state index contributed by atoms with van der Waals surface area (Å²) in [5.41, 5.74) is 0.958. The number of carbonyl (C=O) groups is 2. The summed E-state index contributed by atoms with van der Waals surface area (Å²) in [4.78, 5) is 28.4. The van der Waals surface area contributed by atoms with Crippen molar-refractivity contribution in [3.63, 3.8) is 0 Å². The van der Waals surface area contributed by atoms with E-state index in [-0.39, 0.29) is 11.8 Å². The van der Waals surface area contributed by atoms with Gasteiger partial charge in [-0.2, -0.15) is 0 Å². The number of carbonyl (C=O) groups excluding carboxylic acids is 2. The first-order valence-corrected chi connectivity index (χ1v) is 11.9. The van der Waals surface area contributed by atoms with E-state index in [9.17, 15) is 9.59 Å². The Kier molecular flexibility index (Phi) is 10.7. The van der Waals surface area contributed by atoms with Gasteiger partial charge in [0.05, 0.1) is 7.11 Å². The van der Waals surface area contributed by atoms with E-state index in [2.05, 4.69) is 5.32 Å². The van der Waals surface area contributed by atoms with Gasteiger partial charge in [0.15, 0.2) is 0 Å². The van der Waals surface area contributed by atoms with Crippen LogP contribution in [0.2, 0.25) is 5.02 Å². The molecule has 2 aromatic rings. The summed E-state index contributed by atoms with van der Waals surface area (Å²) in [7, 11) is 1.62. The topological polar surface area (TPSA) is 58.6 Å². The highest BCUT2D eigenvalue weighted by molar-refractivity contribution is 7.99. The van der Waals surface area contributed by atoms with Crippen LogP contribution >= 0.6 is 23.4 Å². The van der Waals surface area contributed by atoms with Gasteiger partial charge in [0.1, 0.15) is 11.8 Å². The lowest BCUT2D eigenvalue weighted by atomic mass is 10.1. The second-order valence-corrected chi connectivity index (χ2v) is 8.85. The summed E-state index contributed by atoms with van der Waals surface area (Å²) in [5, 5.41) is 3.61. The fraction of sp³-hybridized carbons (Fsp3) is 0.417. The van der Waals surface area contributed by atoms with Crippen LogP contribution in [0, 0.1) is 0 Å². The Labute approximate surface area is 194 Å². The van der Waals surface area contributed by atoms with Crippen molar-refractivity contribution in [3.05, 3.63) is 59.1 Å². The first kappa shape index (κ1) is 25.1. The summed E-state index contributed by atoms with van der Waals surface area (Å²) < 4.78 is 5.21. The Morgan fingerprint density at radius 3 is 2.42 bits per heavy atom. The number of ether oxygens (including phenoxy) is 1. The smallest absolute Gasteiger partial charge is 0.242 e. The predicted molar refractivity (Wildman–Crippen MR) is 128 cm³/mol. The molecule has 0 bridgehead atoms. The zero-order chi connectivity index (χ0) is 22.6. The Hall–Kier alpha value is -2.18. The number of halogens is 1. The van der Waals surface area contributed by atoms with Crippen LogP contribution in [0.15, 0.2) is 53.4 Å². The lowest BCUT2D eigenvalue weighted by Crippen LogP contribution is -2.47. The first-order valence-electron chi connectivity index (χ1n) is 10.5. The molecule has 2 aromatic carbocycles. The van der Waals surface area contributed by atoms with E-state index in [0.29, 0.717) is 24.5 Å². The van der Waals surface area contributed by atoms with E-state index in [1.165, 1.54) is 0 Å². The number of nitrogens with zero attached hydrogens (tertiary/aromatic N) is 1. The molecule has 0 saturated carbocycles. The number of nitrogens with one attached hydrogen (secondary N) is 1. The third-order valence-electron chi connectivity index (χ3n) is 4.85. The monoisotopic (exact) mass is 462 g/mol. The maximum Gasteiger partial charge on any atom is 0.242 e. The summed E-state index contributed by atoms with van der Waals surface area (Å²) in [5.74, 6) is 1.43. The van der Waals surface area contributed by atoms with E-state index in [0.717, 1.165) is 34.8 Å². The van der Waals surface area contributed by atoms with Gasteiger partial charge in [-0.3, -0.25) is 9.59 Å². The van der Waals surface area contributed by atoms with E-state index in [4.69, 9.17) is 16.3 Å². The molecule has 0 aliphatic rings. The van der Waals surface area contributed by atoms with Crippen LogP contribution in [0.4, 0.5) is 0 Å². The molecule has 0 fully saturated rings. The van der Waals surface area contributed by atoms with Crippen molar-refractivity contribution in [1.29, 1.82) is 0 Å². The Bertz CT molecular complexity index is 828. The minimum atomic E-state index is -0.537. The molecule has 1 unspecified atom stereocenters. The zero-order valence-electron chi connectivity index (χ0n) is 18.4. The van der Waals surface area contributed by atoms with Gasteiger partial charge in [0.2, 0.25) is 11.8 Å². The van der Waals surface area contributed by atoms with Crippen LogP contribution in [0.1, 0.15) is 38.7 Å². The molecule has 7 heteroatoms. The van der Waals surface area contributed by atoms with Gasteiger partial charge in [-0.1, -0.05) is 30.7 Å². The fourth-order valence-corrected chi connectivity index (χ4v) is 3.97. The van der Waals surface area contributed by atoms with Gasteiger partial charge in [0.25, 0.3) is 0 Å². The number of rotatable bonds is 12. The van der Waals surface area contributed by atoms with Crippen LogP contribution in [0.25, 0.3) is 0 Å². The highest BCUT2D eigenvalue weighted by atomic mass is 35.5. The average Bonchev–Trinajstić information content (AvgIpc) is 2.79.